The Labute approximate surface area is 98.0 Å². The Balaban J connectivity index is 2.64. The fourth-order valence-corrected chi connectivity index (χ4v) is 1.88. The van der Waals surface area contributed by atoms with Crippen LogP contribution in [0.3, 0.4) is 0 Å². The SMILES string of the molecule is CC(NC=O)(C(N)=O)c1c[nH]c2ccccc12. The average Bonchev–Trinajstić information content (AvgIpc) is 2.73. The molecular formula is C12H13N3O2. The van der Waals surface area contributed by atoms with Crippen molar-refractivity contribution in [1.82, 2.24) is 10.3 Å². The van der Waals surface area contributed by atoms with Crippen molar-refractivity contribution in [3.05, 3.63) is 36.0 Å². The maximum atomic E-state index is 11.5. The maximum absolute atomic E-state index is 11.5. The Kier molecular flexibility index (Phi) is 2.59. The fourth-order valence-electron chi connectivity index (χ4n) is 1.88. The van der Waals surface area contributed by atoms with Gasteiger partial charge in [-0.25, -0.2) is 0 Å². The van der Waals surface area contributed by atoms with Crippen molar-refractivity contribution in [3.8, 4) is 0 Å². The van der Waals surface area contributed by atoms with Gasteiger partial charge in [-0.1, -0.05) is 18.2 Å². The summed E-state index contributed by atoms with van der Waals surface area (Å²) in [7, 11) is 0. The van der Waals surface area contributed by atoms with Crippen LogP contribution in [0.2, 0.25) is 0 Å². The molecular weight excluding hydrogens is 218 g/mol. The second-order valence-electron chi connectivity index (χ2n) is 4.00. The molecule has 0 bridgehead atoms. The molecule has 4 N–H and O–H groups in total. The predicted molar refractivity (Wildman–Crippen MR) is 64.0 cm³/mol. The lowest BCUT2D eigenvalue weighted by Crippen LogP contribution is -2.49. The molecule has 1 aromatic heterocycles. The zero-order chi connectivity index (χ0) is 12.5. The number of nitrogens with two attached hydrogens (primary N) is 1. The van der Waals surface area contributed by atoms with Crippen LogP contribution in [0.1, 0.15) is 12.5 Å². The molecule has 1 aromatic carbocycles. The molecule has 1 unspecified atom stereocenters. The van der Waals surface area contributed by atoms with Crippen molar-refractivity contribution < 1.29 is 9.59 Å². The van der Waals surface area contributed by atoms with Crippen molar-refractivity contribution in [2.24, 2.45) is 5.73 Å². The first-order chi connectivity index (χ1) is 8.09. The van der Waals surface area contributed by atoms with Crippen LogP contribution in [-0.2, 0) is 15.1 Å². The first-order valence-electron chi connectivity index (χ1n) is 5.17. The number of fused-ring (bicyclic) bond motifs is 1. The number of para-hydroxylation sites is 1. The summed E-state index contributed by atoms with van der Waals surface area (Å²) in [6.07, 6.45) is 2.17. The zero-order valence-corrected chi connectivity index (χ0v) is 9.36. The lowest BCUT2D eigenvalue weighted by atomic mass is 9.91. The number of carbonyl (C=O) groups excluding carboxylic acids is 2. The van der Waals surface area contributed by atoms with Crippen LogP contribution >= 0.6 is 0 Å². The van der Waals surface area contributed by atoms with Gasteiger partial charge in [0.1, 0.15) is 5.54 Å². The largest absolute Gasteiger partial charge is 0.367 e. The van der Waals surface area contributed by atoms with E-state index in [1.54, 1.807) is 13.1 Å². The minimum Gasteiger partial charge on any atom is -0.367 e. The smallest absolute Gasteiger partial charge is 0.247 e. The Morgan fingerprint density at radius 3 is 2.82 bits per heavy atom. The van der Waals surface area contributed by atoms with Gasteiger partial charge in [0.2, 0.25) is 12.3 Å². The standard InChI is InChI=1S/C12H13N3O2/c1-12(11(13)17,15-7-16)9-6-14-10-5-3-2-4-8(9)10/h2-7,14H,1H3,(H2,13,17)(H,15,16). The number of amides is 2. The lowest BCUT2D eigenvalue weighted by molar-refractivity contribution is -0.127. The maximum Gasteiger partial charge on any atom is 0.247 e. The van der Waals surface area contributed by atoms with Gasteiger partial charge in [-0.2, -0.15) is 0 Å². The van der Waals surface area contributed by atoms with Gasteiger partial charge in [0.25, 0.3) is 0 Å². The summed E-state index contributed by atoms with van der Waals surface area (Å²) in [5.74, 6) is -0.602. The van der Waals surface area contributed by atoms with Crippen molar-refractivity contribution in [2.75, 3.05) is 0 Å². The van der Waals surface area contributed by atoms with Crippen LogP contribution in [0.15, 0.2) is 30.5 Å². The third-order valence-corrected chi connectivity index (χ3v) is 2.97. The van der Waals surface area contributed by atoms with E-state index in [0.717, 1.165) is 10.9 Å². The van der Waals surface area contributed by atoms with Crippen LogP contribution in [0, 0.1) is 0 Å². The third kappa shape index (κ3) is 1.65. The van der Waals surface area contributed by atoms with Gasteiger partial charge in [0.15, 0.2) is 0 Å². The van der Waals surface area contributed by atoms with E-state index in [0.29, 0.717) is 12.0 Å². The molecule has 0 aliphatic heterocycles. The normalized spacial score (nSPS) is 14.2. The summed E-state index contributed by atoms with van der Waals surface area (Å²) in [5.41, 5.74) is 5.71. The van der Waals surface area contributed by atoms with Gasteiger partial charge < -0.3 is 16.0 Å². The molecule has 0 saturated carbocycles. The minimum absolute atomic E-state index is 0.479. The van der Waals surface area contributed by atoms with Crippen LogP contribution < -0.4 is 11.1 Å². The van der Waals surface area contributed by atoms with E-state index in [1.807, 2.05) is 24.3 Å². The van der Waals surface area contributed by atoms with E-state index in [9.17, 15) is 9.59 Å². The average molecular weight is 231 g/mol. The second kappa shape index (κ2) is 3.93. The number of hydrogen-bond acceptors (Lipinski definition) is 2. The number of H-pyrrole nitrogens is 1. The number of hydrogen-bond donors (Lipinski definition) is 3. The van der Waals surface area contributed by atoms with E-state index < -0.39 is 11.4 Å². The van der Waals surface area contributed by atoms with Gasteiger partial charge in [0, 0.05) is 22.7 Å². The highest BCUT2D eigenvalue weighted by Gasteiger charge is 2.34. The number of primary amides is 1. The first kappa shape index (κ1) is 11.2. The molecule has 5 nitrogen and oxygen atoms in total. The Bertz CT molecular complexity index is 576. The van der Waals surface area contributed by atoms with Gasteiger partial charge in [-0.3, -0.25) is 9.59 Å². The molecule has 5 heteroatoms. The highest BCUT2D eigenvalue weighted by atomic mass is 16.2. The molecule has 2 rings (SSSR count). The molecule has 0 aliphatic rings. The van der Waals surface area contributed by atoms with E-state index in [1.165, 1.54) is 0 Å². The summed E-state index contributed by atoms with van der Waals surface area (Å²) in [4.78, 5) is 25.2. The lowest BCUT2D eigenvalue weighted by Gasteiger charge is -2.24. The van der Waals surface area contributed by atoms with Crippen LogP contribution in [-0.4, -0.2) is 17.3 Å². The molecule has 0 saturated heterocycles. The third-order valence-electron chi connectivity index (χ3n) is 2.97. The van der Waals surface area contributed by atoms with Crippen molar-refractivity contribution in [2.45, 2.75) is 12.5 Å². The van der Waals surface area contributed by atoms with Crippen molar-refractivity contribution >= 4 is 23.2 Å². The Morgan fingerprint density at radius 1 is 1.47 bits per heavy atom. The van der Waals surface area contributed by atoms with E-state index in [2.05, 4.69) is 10.3 Å². The van der Waals surface area contributed by atoms with Gasteiger partial charge in [-0.05, 0) is 13.0 Å². The van der Waals surface area contributed by atoms with E-state index >= 15 is 0 Å². The predicted octanol–water partition coefficient (Wildman–Crippen LogP) is 0.614. The summed E-state index contributed by atoms with van der Waals surface area (Å²) in [6.45, 7) is 1.58. The topological polar surface area (TPSA) is 88.0 Å². The fraction of sp³-hybridized carbons (Fsp3) is 0.167. The molecule has 1 heterocycles. The summed E-state index contributed by atoms with van der Waals surface area (Å²) < 4.78 is 0. The summed E-state index contributed by atoms with van der Waals surface area (Å²) >= 11 is 0. The van der Waals surface area contributed by atoms with Crippen molar-refractivity contribution in [1.29, 1.82) is 0 Å². The molecule has 0 spiro atoms. The molecule has 17 heavy (non-hydrogen) atoms. The summed E-state index contributed by atoms with van der Waals surface area (Å²) in [5, 5.41) is 3.34. The molecule has 0 fully saturated rings. The number of aromatic amines is 1. The number of aromatic nitrogens is 1. The molecule has 88 valence electrons. The monoisotopic (exact) mass is 231 g/mol. The quantitative estimate of drug-likeness (QED) is 0.673. The molecule has 2 aromatic rings. The second-order valence-corrected chi connectivity index (χ2v) is 4.00. The number of rotatable bonds is 4. The molecule has 1 atom stereocenters. The molecule has 2 amide bonds. The van der Waals surface area contributed by atoms with Crippen LogP contribution in [0.25, 0.3) is 10.9 Å². The Morgan fingerprint density at radius 2 is 2.18 bits per heavy atom. The van der Waals surface area contributed by atoms with E-state index in [4.69, 9.17) is 5.73 Å². The van der Waals surface area contributed by atoms with Gasteiger partial charge >= 0.3 is 0 Å². The minimum atomic E-state index is -1.21. The van der Waals surface area contributed by atoms with Crippen LogP contribution in [0.4, 0.5) is 0 Å². The zero-order valence-electron chi connectivity index (χ0n) is 9.36. The molecule has 0 radical (unpaired) electrons. The summed E-state index contributed by atoms with van der Waals surface area (Å²) in [6, 6.07) is 7.51. The van der Waals surface area contributed by atoms with Gasteiger partial charge in [-0.15, -0.1) is 0 Å². The Hall–Kier alpha value is -2.30. The van der Waals surface area contributed by atoms with Crippen molar-refractivity contribution in [3.63, 3.8) is 0 Å². The van der Waals surface area contributed by atoms with Gasteiger partial charge in [0.05, 0.1) is 0 Å². The number of carbonyl (C=O) groups is 2. The molecule has 0 aliphatic carbocycles. The highest BCUT2D eigenvalue weighted by Crippen LogP contribution is 2.28. The van der Waals surface area contributed by atoms with E-state index in [-0.39, 0.29) is 0 Å². The number of nitrogens with one attached hydrogen (secondary N) is 2. The number of benzene rings is 1. The highest BCUT2D eigenvalue weighted by molar-refractivity contribution is 5.95. The van der Waals surface area contributed by atoms with Crippen LogP contribution in [0.5, 0.6) is 0 Å². The first-order valence-corrected chi connectivity index (χ1v) is 5.17.